The summed E-state index contributed by atoms with van der Waals surface area (Å²) in [5.74, 6) is 0.871. The van der Waals surface area contributed by atoms with Crippen molar-refractivity contribution in [1.82, 2.24) is 0 Å². The molecule has 3 N–H and O–H groups in total. The van der Waals surface area contributed by atoms with Crippen molar-refractivity contribution in [3.05, 3.63) is 52.2 Å². The summed E-state index contributed by atoms with van der Waals surface area (Å²) >= 11 is 1.76. The molecule has 2 rings (SSSR count). The van der Waals surface area contributed by atoms with Crippen molar-refractivity contribution >= 4 is 47.0 Å². The number of hydrogen-bond acceptors (Lipinski definition) is 2. The van der Waals surface area contributed by atoms with E-state index in [0.29, 0.717) is 18.4 Å². The quantitative estimate of drug-likeness (QED) is 0.431. The van der Waals surface area contributed by atoms with Gasteiger partial charge in [0.25, 0.3) is 0 Å². The second kappa shape index (κ2) is 9.04. The van der Waals surface area contributed by atoms with Crippen LogP contribution in [0.15, 0.2) is 46.8 Å². The molecule has 2 aromatic rings. The van der Waals surface area contributed by atoms with Gasteiger partial charge in [-0.15, -0.1) is 35.3 Å². The molecular weight excluding hydrogens is 393 g/mol. The maximum absolute atomic E-state index is 5.92. The molecule has 0 fully saturated rings. The maximum atomic E-state index is 5.92. The van der Waals surface area contributed by atoms with Crippen LogP contribution in [0.3, 0.4) is 0 Å². The average molecular weight is 415 g/mol. The maximum Gasteiger partial charge on any atom is 0.193 e. The highest BCUT2D eigenvalue weighted by Gasteiger charge is 2.05. The van der Waals surface area contributed by atoms with E-state index in [1.165, 1.54) is 10.4 Å². The number of hydrogen-bond donors (Lipinski definition) is 2. The molecule has 0 aliphatic rings. The number of halogens is 1. The van der Waals surface area contributed by atoms with Crippen LogP contribution in [-0.4, -0.2) is 12.5 Å². The van der Waals surface area contributed by atoms with Crippen LogP contribution < -0.4 is 11.1 Å². The molecule has 0 aliphatic carbocycles. The molecule has 0 radical (unpaired) electrons. The van der Waals surface area contributed by atoms with Gasteiger partial charge in [-0.3, -0.25) is 4.99 Å². The predicted octanol–water partition coefficient (Wildman–Crippen LogP) is 4.46. The lowest BCUT2D eigenvalue weighted by Crippen LogP contribution is -2.23. The van der Waals surface area contributed by atoms with Gasteiger partial charge >= 0.3 is 0 Å². The summed E-state index contributed by atoms with van der Waals surface area (Å²) in [5.41, 5.74) is 8.22. The van der Waals surface area contributed by atoms with E-state index in [2.05, 4.69) is 53.8 Å². The van der Waals surface area contributed by atoms with E-state index in [9.17, 15) is 0 Å². The zero-order chi connectivity index (χ0) is 14.4. The van der Waals surface area contributed by atoms with Gasteiger partial charge in [-0.2, -0.15) is 0 Å². The Hall–Kier alpha value is -1.08. The van der Waals surface area contributed by atoms with Crippen molar-refractivity contribution in [1.29, 1.82) is 0 Å². The first kappa shape index (κ1) is 18.0. The highest BCUT2D eigenvalue weighted by molar-refractivity contribution is 14.0. The molecule has 0 bridgehead atoms. The minimum Gasteiger partial charge on any atom is -0.370 e. The van der Waals surface area contributed by atoms with Gasteiger partial charge in [-0.05, 0) is 35.6 Å². The molecule has 5 heteroatoms. The number of nitrogens with zero attached hydrogens (tertiary/aromatic N) is 1. The Bertz CT molecular complexity index is 549. The average Bonchev–Trinajstić information content (AvgIpc) is 3.00. The highest BCUT2D eigenvalue weighted by Crippen LogP contribution is 2.20. The normalized spacial score (nSPS) is 12.6. The number of rotatable bonds is 5. The molecule has 3 nitrogen and oxygen atoms in total. The number of benzene rings is 1. The van der Waals surface area contributed by atoms with Gasteiger partial charge < -0.3 is 11.1 Å². The van der Waals surface area contributed by atoms with Gasteiger partial charge in [-0.25, -0.2) is 0 Å². The molecule has 0 saturated heterocycles. The van der Waals surface area contributed by atoms with Gasteiger partial charge in [0, 0.05) is 16.5 Å². The topological polar surface area (TPSA) is 50.4 Å². The highest BCUT2D eigenvalue weighted by atomic mass is 127. The largest absolute Gasteiger partial charge is 0.370 e. The third-order valence-corrected chi connectivity index (χ3v) is 4.30. The lowest BCUT2D eigenvalue weighted by Gasteiger charge is -2.09. The third kappa shape index (κ3) is 5.67. The summed E-state index contributed by atoms with van der Waals surface area (Å²) in [5, 5.41) is 5.21. The lowest BCUT2D eigenvalue weighted by molar-refractivity contribution is 0.790. The van der Waals surface area contributed by atoms with Gasteiger partial charge in [0.2, 0.25) is 0 Å². The smallest absolute Gasteiger partial charge is 0.193 e. The molecular formula is C16H22IN3S. The number of aryl methyl sites for hydroxylation is 1. The molecule has 1 heterocycles. The summed E-state index contributed by atoms with van der Waals surface area (Å²) in [6.45, 7) is 5.01. The Morgan fingerprint density at radius 3 is 2.57 bits per heavy atom. The Balaban J connectivity index is 0.00000220. The van der Waals surface area contributed by atoms with Crippen LogP contribution in [0.1, 0.15) is 30.2 Å². The fourth-order valence-electron chi connectivity index (χ4n) is 1.91. The van der Waals surface area contributed by atoms with Gasteiger partial charge in [0.15, 0.2) is 5.96 Å². The van der Waals surface area contributed by atoms with Gasteiger partial charge in [0.05, 0.1) is 6.54 Å². The molecule has 1 aromatic carbocycles. The SMILES string of the molecule is CCc1ccc(NC(N)=NCC(C)c2cccs2)cc1.I. The second-order valence-corrected chi connectivity index (χ2v) is 5.80. The predicted molar refractivity (Wildman–Crippen MR) is 104 cm³/mol. The van der Waals surface area contributed by atoms with Crippen LogP contribution in [-0.2, 0) is 6.42 Å². The van der Waals surface area contributed by atoms with Crippen LogP contribution >= 0.6 is 35.3 Å². The second-order valence-electron chi connectivity index (χ2n) is 4.82. The first-order valence-electron chi connectivity index (χ1n) is 6.88. The van der Waals surface area contributed by atoms with Crippen LogP contribution in [0.5, 0.6) is 0 Å². The molecule has 1 aromatic heterocycles. The van der Waals surface area contributed by atoms with E-state index in [-0.39, 0.29) is 24.0 Å². The number of thiophene rings is 1. The molecule has 1 unspecified atom stereocenters. The zero-order valence-corrected chi connectivity index (χ0v) is 15.5. The first-order chi connectivity index (χ1) is 9.69. The Morgan fingerprint density at radius 1 is 1.29 bits per heavy atom. The summed E-state index contributed by atoms with van der Waals surface area (Å²) in [4.78, 5) is 5.75. The monoisotopic (exact) mass is 415 g/mol. The first-order valence-corrected chi connectivity index (χ1v) is 7.76. The summed E-state index contributed by atoms with van der Waals surface area (Å²) in [6, 6.07) is 12.5. The van der Waals surface area contributed by atoms with E-state index in [1.54, 1.807) is 11.3 Å². The molecule has 114 valence electrons. The number of guanidine groups is 1. The van der Waals surface area contributed by atoms with Crippen LogP contribution in [0.25, 0.3) is 0 Å². The zero-order valence-electron chi connectivity index (χ0n) is 12.4. The minimum absolute atomic E-state index is 0. The Labute approximate surface area is 147 Å². The fourth-order valence-corrected chi connectivity index (χ4v) is 2.69. The van der Waals surface area contributed by atoms with Gasteiger partial charge in [-0.1, -0.05) is 32.0 Å². The van der Waals surface area contributed by atoms with Crippen molar-refractivity contribution < 1.29 is 0 Å². The summed E-state index contributed by atoms with van der Waals surface area (Å²) in [6.07, 6.45) is 1.04. The molecule has 0 amide bonds. The summed E-state index contributed by atoms with van der Waals surface area (Å²) < 4.78 is 0. The molecule has 21 heavy (non-hydrogen) atoms. The van der Waals surface area contributed by atoms with Crippen molar-refractivity contribution in [3.63, 3.8) is 0 Å². The summed E-state index contributed by atoms with van der Waals surface area (Å²) in [7, 11) is 0. The van der Waals surface area contributed by atoms with Crippen molar-refractivity contribution in [2.75, 3.05) is 11.9 Å². The van der Waals surface area contributed by atoms with Crippen LogP contribution in [0.2, 0.25) is 0 Å². The number of anilines is 1. The third-order valence-electron chi connectivity index (χ3n) is 3.20. The van der Waals surface area contributed by atoms with E-state index >= 15 is 0 Å². The van der Waals surface area contributed by atoms with Crippen molar-refractivity contribution in [2.24, 2.45) is 10.7 Å². The van der Waals surface area contributed by atoms with Crippen molar-refractivity contribution in [2.45, 2.75) is 26.2 Å². The molecule has 0 spiro atoms. The Morgan fingerprint density at radius 2 is 2.00 bits per heavy atom. The van der Waals surface area contributed by atoms with E-state index in [4.69, 9.17) is 5.73 Å². The molecule has 0 saturated carbocycles. The number of aliphatic imine (C=N–C) groups is 1. The van der Waals surface area contributed by atoms with E-state index in [1.807, 2.05) is 12.1 Å². The van der Waals surface area contributed by atoms with E-state index in [0.717, 1.165) is 12.1 Å². The fraction of sp³-hybridized carbons (Fsp3) is 0.312. The Kier molecular flexibility index (Phi) is 7.74. The van der Waals surface area contributed by atoms with Crippen LogP contribution in [0.4, 0.5) is 5.69 Å². The minimum atomic E-state index is 0. The number of nitrogens with one attached hydrogen (secondary N) is 1. The molecule has 1 atom stereocenters. The van der Waals surface area contributed by atoms with Crippen LogP contribution in [0, 0.1) is 0 Å². The lowest BCUT2D eigenvalue weighted by atomic mass is 10.1. The standard InChI is InChI=1S/C16H21N3S.HI/c1-3-13-6-8-14(9-7-13)19-16(17)18-11-12(2)15-5-4-10-20-15;/h4-10,12H,3,11H2,1-2H3,(H3,17,18,19);1H. The van der Waals surface area contributed by atoms with E-state index < -0.39 is 0 Å². The number of nitrogens with two attached hydrogens (primary N) is 1. The molecule has 0 aliphatic heterocycles. The van der Waals surface area contributed by atoms with Crippen molar-refractivity contribution in [3.8, 4) is 0 Å². The van der Waals surface area contributed by atoms with Gasteiger partial charge in [0.1, 0.15) is 0 Å².